The third kappa shape index (κ3) is 7.06. The number of amides is 1. The van der Waals surface area contributed by atoms with Crippen molar-refractivity contribution >= 4 is 5.91 Å². The third-order valence-corrected chi connectivity index (χ3v) is 2.49. The summed E-state index contributed by atoms with van der Waals surface area (Å²) in [5.74, 6) is -0.0122. The van der Waals surface area contributed by atoms with Gasteiger partial charge in [0, 0.05) is 19.7 Å². The van der Waals surface area contributed by atoms with Crippen LogP contribution in [0.4, 0.5) is 4.39 Å². The maximum Gasteiger partial charge on any atom is 0.234 e. The second-order valence-corrected chi connectivity index (χ2v) is 4.36. The molecule has 0 saturated carbocycles. The second-order valence-electron chi connectivity index (χ2n) is 4.36. The minimum Gasteiger partial charge on any atom is -0.489 e. The Kier molecular flexibility index (Phi) is 7.60. The Morgan fingerprint density at radius 3 is 2.95 bits per heavy atom. The molecule has 0 spiro atoms. The summed E-state index contributed by atoms with van der Waals surface area (Å²) in [6, 6.07) is 5.92. The lowest BCUT2D eigenvalue weighted by Gasteiger charge is -2.15. The summed E-state index contributed by atoms with van der Waals surface area (Å²) in [5.41, 5.74) is 0. The number of hydrogen-bond acceptors (Lipinski definition) is 4. The van der Waals surface area contributed by atoms with Crippen molar-refractivity contribution < 1.29 is 18.7 Å². The van der Waals surface area contributed by atoms with Crippen LogP contribution in [0.25, 0.3) is 0 Å². The average molecular weight is 284 g/mol. The molecule has 0 aliphatic heterocycles. The Morgan fingerprint density at radius 1 is 1.45 bits per heavy atom. The largest absolute Gasteiger partial charge is 0.489 e. The molecule has 6 heteroatoms. The van der Waals surface area contributed by atoms with Crippen LogP contribution in [-0.2, 0) is 9.53 Å². The first-order valence-electron chi connectivity index (χ1n) is 6.50. The van der Waals surface area contributed by atoms with Gasteiger partial charge in [-0.05, 0) is 19.1 Å². The van der Waals surface area contributed by atoms with E-state index in [0.29, 0.717) is 25.4 Å². The quantitative estimate of drug-likeness (QED) is 0.663. The fraction of sp³-hybridized carbons (Fsp3) is 0.500. The topological polar surface area (TPSA) is 59.6 Å². The van der Waals surface area contributed by atoms with Crippen LogP contribution in [0.3, 0.4) is 0 Å². The fourth-order valence-corrected chi connectivity index (χ4v) is 1.51. The molecule has 1 atom stereocenters. The van der Waals surface area contributed by atoms with Crippen molar-refractivity contribution in [3.05, 3.63) is 30.1 Å². The normalized spacial score (nSPS) is 11.9. The summed E-state index contributed by atoms with van der Waals surface area (Å²) in [4.78, 5) is 11.5. The number of hydrogen-bond donors (Lipinski definition) is 2. The van der Waals surface area contributed by atoms with Crippen LogP contribution in [0, 0.1) is 5.82 Å². The van der Waals surface area contributed by atoms with Gasteiger partial charge in [0.2, 0.25) is 5.91 Å². The molecule has 1 aromatic carbocycles. The van der Waals surface area contributed by atoms with E-state index in [9.17, 15) is 9.18 Å². The molecule has 1 unspecified atom stereocenters. The van der Waals surface area contributed by atoms with E-state index in [1.54, 1.807) is 19.2 Å². The molecule has 20 heavy (non-hydrogen) atoms. The Morgan fingerprint density at radius 2 is 2.25 bits per heavy atom. The zero-order valence-corrected chi connectivity index (χ0v) is 11.8. The van der Waals surface area contributed by atoms with Gasteiger partial charge < -0.3 is 20.1 Å². The van der Waals surface area contributed by atoms with Crippen molar-refractivity contribution in [2.24, 2.45) is 0 Å². The number of halogens is 1. The van der Waals surface area contributed by atoms with Gasteiger partial charge in [0.1, 0.15) is 17.7 Å². The average Bonchev–Trinajstić information content (AvgIpc) is 2.41. The lowest BCUT2D eigenvalue weighted by molar-refractivity contribution is -0.120. The number of methoxy groups -OCH3 is 1. The van der Waals surface area contributed by atoms with Crippen LogP contribution >= 0.6 is 0 Å². The smallest absolute Gasteiger partial charge is 0.234 e. The number of carbonyl (C=O) groups excluding carboxylic acids is 1. The zero-order chi connectivity index (χ0) is 14.8. The van der Waals surface area contributed by atoms with Gasteiger partial charge in [-0.1, -0.05) is 6.07 Å². The second kappa shape index (κ2) is 9.28. The molecule has 1 amide bonds. The summed E-state index contributed by atoms with van der Waals surface area (Å²) >= 11 is 0. The van der Waals surface area contributed by atoms with Crippen molar-refractivity contribution in [2.75, 3.05) is 33.4 Å². The van der Waals surface area contributed by atoms with Gasteiger partial charge in [0.05, 0.1) is 19.7 Å². The Hall–Kier alpha value is -1.66. The monoisotopic (exact) mass is 284 g/mol. The molecular weight excluding hydrogens is 263 g/mol. The number of carbonyl (C=O) groups is 1. The van der Waals surface area contributed by atoms with E-state index in [1.807, 2.05) is 6.92 Å². The first kappa shape index (κ1) is 16.4. The molecule has 5 nitrogen and oxygen atoms in total. The van der Waals surface area contributed by atoms with Crippen molar-refractivity contribution in [1.29, 1.82) is 0 Å². The van der Waals surface area contributed by atoms with Gasteiger partial charge >= 0.3 is 0 Å². The maximum atomic E-state index is 13.0. The Balaban J connectivity index is 2.19. The van der Waals surface area contributed by atoms with Crippen molar-refractivity contribution in [3.8, 4) is 5.75 Å². The highest BCUT2D eigenvalue weighted by Gasteiger charge is 2.07. The molecule has 0 heterocycles. The summed E-state index contributed by atoms with van der Waals surface area (Å²) in [5, 5.41) is 5.67. The molecule has 0 aromatic heterocycles. The van der Waals surface area contributed by atoms with Crippen molar-refractivity contribution in [1.82, 2.24) is 10.6 Å². The molecule has 112 valence electrons. The summed E-state index contributed by atoms with van der Waals surface area (Å²) in [6.07, 6.45) is -0.236. The first-order chi connectivity index (χ1) is 9.61. The van der Waals surface area contributed by atoms with E-state index >= 15 is 0 Å². The van der Waals surface area contributed by atoms with Gasteiger partial charge in [0.25, 0.3) is 0 Å². The van der Waals surface area contributed by atoms with Crippen LogP contribution in [0.15, 0.2) is 24.3 Å². The highest BCUT2D eigenvalue weighted by Crippen LogP contribution is 2.13. The molecular formula is C14H21FN2O3. The number of nitrogens with one attached hydrogen (secondary N) is 2. The van der Waals surface area contributed by atoms with E-state index in [0.717, 1.165) is 0 Å². The first-order valence-corrected chi connectivity index (χ1v) is 6.50. The maximum absolute atomic E-state index is 13.0. The van der Waals surface area contributed by atoms with Crippen molar-refractivity contribution in [3.63, 3.8) is 0 Å². The SMILES string of the molecule is COCCNCC(=O)NCC(C)Oc1cccc(F)c1. The van der Waals surface area contributed by atoms with E-state index < -0.39 is 0 Å². The molecule has 1 rings (SSSR count). The highest BCUT2D eigenvalue weighted by molar-refractivity contribution is 5.77. The molecule has 1 aromatic rings. The molecule has 0 aliphatic rings. The highest BCUT2D eigenvalue weighted by atomic mass is 19.1. The molecule has 0 fully saturated rings. The van der Waals surface area contributed by atoms with E-state index in [-0.39, 0.29) is 24.4 Å². The van der Waals surface area contributed by atoms with Crippen LogP contribution in [-0.4, -0.2) is 45.4 Å². The molecule has 0 bridgehead atoms. The molecule has 0 aliphatic carbocycles. The lowest BCUT2D eigenvalue weighted by atomic mass is 10.3. The summed E-state index contributed by atoms with van der Waals surface area (Å²) in [7, 11) is 1.60. The van der Waals surface area contributed by atoms with Gasteiger partial charge in [-0.15, -0.1) is 0 Å². The number of rotatable bonds is 9. The zero-order valence-electron chi connectivity index (χ0n) is 11.8. The van der Waals surface area contributed by atoms with E-state index in [1.165, 1.54) is 12.1 Å². The third-order valence-electron chi connectivity index (χ3n) is 2.49. The Labute approximate surface area is 118 Å². The molecule has 0 saturated heterocycles. The number of benzene rings is 1. The van der Waals surface area contributed by atoms with Crippen LogP contribution < -0.4 is 15.4 Å². The van der Waals surface area contributed by atoms with E-state index in [4.69, 9.17) is 9.47 Å². The van der Waals surface area contributed by atoms with Crippen molar-refractivity contribution in [2.45, 2.75) is 13.0 Å². The van der Waals surface area contributed by atoms with Gasteiger partial charge in [-0.25, -0.2) is 4.39 Å². The predicted molar refractivity (Wildman–Crippen MR) is 74.2 cm³/mol. The van der Waals surface area contributed by atoms with Crippen LogP contribution in [0.1, 0.15) is 6.92 Å². The van der Waals surface area contributed by atoms with E-state index in [2.05, 4.69) is 10.6 Å². The summed E-state index contributed by atoms with van der Waals surface area (Å²) in [6.45, 7) is 3.59. The minimum absolute atomic E-state index is 0.115. The Bertz CT molecular complexity index is 415. The van der Waals surface area contributed by atoms with Gasteiger partial charge in [-0.3, -0.25) is 4.79 Å². The standard InChI is InChI=1S/C14H21FN2O3/c1-11(20-13-5-3-4-12(15)8-13)9-17-14(18)10-16-6-7-19-2/h3-5,8,11,16H,6-7,9-10H2,1-2H3,(H,17,18). The van der Waals surface area contributed by atoms with Gasteiger partial charge in [-0.2, -0.15) is 0 Å². The lowest BCUT2D eigenvalue weighted by Crippen LogP contribution is -2.39. The summed E-state index contributed by atoms with van der Waals surface area (Å²) < 4.78 is 23.3. The molecule has 2 N–H and O–H groups in total. The van der Waals surface area contributed by atoms with Gasteiger partial charge in [0.15, 0.2) is 0 Å². The van der Waals surface area contributed by atoms with Crippen LogP contribution in [0.5, 0.6) is 5.75 Å². The predicted octanol–water partition coefficient (Wildman–Crippen LogP) is 0.945. The number of ether oxygens (including phenoxy) is 2. The molecule has 0 radical (unpaired) electrons. The van der Waals surface area contributed by atoms with Crippen LogP contribution in [0.2, 0.25) is 0 Å². The minimum atomic E-state index is -0.346. The fourth-order valence-electron chi connectivity index (χ4n) is 1.51.